The number of hydrogen-bond donors (Lipinski definition) is 1. The third kappa shape index (κ3) is 3.93. The van der Waals surface area contributed by atoms with E-state index in [2.05, 4.69) is 47.0 Å². The summed E-state index contributed by atoms with van der Waals surface area (Å²) in [6, 6.07) is 1.89. The van der Waals surface area contributed by atoms with Crippen LogP contribution in [0.1, 0.15) is 36.8 Å². The molecule has 0 atom stereocenters. The molecule has 0 aliphatic heterocycles. The maximum absolute atomic E-state index is 11.8. The summed E-state index contributed by atoms with van der Waals surface area (Å²) in [7, 11) is 0. The van der Waals surface area contributed by atoms with E-state index in [9.17, 15) is 4.79 Å². The predicted molar refractivity (Wildman–Crippen MR) is 68.5 cm³/mol. The van der Waals surface area contributed by atoms with E-state index in [1.807, 2.05) is 13.0 Å². The van der Waals surface area contributed by atoms with Crippen molar-refractivity contribution in [2.24, 2.45) is 5.41 Å². The third-order valence-electron chi connectivity index (χ3n) is 2.04. The second-order valence-corrected chi connectivity index (χ2v) is 5.98. The zero-order valence-electron chi connectivity index (χ0n) is 10.1. The van der Waals surface area contributed by atoms with Gasteiger partial charge in [-0.05, 0) is 39.9 Å². The summed E-state index contributed by atoms with van der Waals surface area (Å²) in [5.41, 5.74) is 1.45. The highest BCUT2D eigenvalue weighted by molar-refractivity contribution is 9.10. The Kier molecular flexibility index (Phi) is 4.08. The van der Waals surface area contributed by atoms with Crippen molar-refractivity contribution in [3.05, 3.63) is 28.0 Å². The smallest absolute Gasteiger partial charge is 0.270 e. The minimum absolute atomic E-state index is 0.0823. The second-order valence-electron chi connectivity index (χ2n) is 5.06. The summed E-state index contributed by atoms with van der Waals surface area (Å²) < 4.78 is 0.886. The molecule has 0 saturated heterocycles. The van der Waals surface area contributed by atoms with Gasteiger partial charge in [-0.1, -0.05) is 20.8 Å². The molecule has 0 aliphatic rings. The van der Waals surface area contributed by atoms with Gasteiger partial charge in [0.1, 0.15) is 5.69 Å². The Morgan fingerprint density at radius 1 is 1.50 bits per heavy atom. The van der Waals surface area contributed by atoms with Crippen LogP contribution in [0.5, 0.6) is 0 Å². The molecule has 0 radical (unpaired) electrons. The Morgan fingerprint density at radius 2 is 2.12 bits per heavy atom. The highest BCUT2D eigenvalue weighted by atomic mass is 79.9. The lowest BCUT2D eigenvalue weighted by Crippen LogP contribution is -2.33. The molecular weight excluding hydrogens is 268 g/mol. The van der Waals surface area contributed by atoms with Crippen LogP contribution >= 0.6 is 15.9 Å². The molecule has 0 unspecified atom stereocenters. The molecule has 4 heteroatoms. The van der Waals surface area contributed by atoms with Gasteiger partial charge in [0.2, 0.25) is 0 Å². The van der Waals surface area contributed by atoms with Gasteiger partial charge in [0, 0.05) is 17.2 Å². The predicted octanol–water partition coefficient (Wildman–Crippen LogP) is 2.93. The number of nitrogens with zero attached hydrogens (tertiary/aromatic N) is 1. The lowest BCUT2D eigenvalue weighted by atomic mass is 9.97. The van der Waals surface area contributed by atoms with E-state index < -0.39 is 0 Å². The first-order chi connectivity index (χ1) is 7.29. The molecule has 0 aromatic carbocycles. The fraction of sp³-hybridized carbons (Fsp3) is 0.500. The summed E-state index contributed by atoms with van der Waals surface area (Å²) in [6.07, 6.45) is 1.64. The quantitative estimate of drug-likeness (QED) is 0.907. The maximum Gasteiger partial charge on any atom is 0.270 e. The normalized spacial score (nSPS) is 11.3. The first-order valence-electron chi connectivity index (χ1n) is 5.20. The number of rotatable bonds is 2. The molecule has 0 aliphatic carbocycles. The SMILES string of the molecule is Cc1cc(Br)cnc1C(=O)NCC(C)(C)C. The minimum Gasteiger partial charge on any atom is -0.350 e. The van der Waals surface area contributed by atoms with Crippen molar-refractivity contribution in [2.75, 3.05) is 6.54 Å². The van der Waals surface area contributed by atoms with Gasteiger partial charge in [0.15, 0.2) is 0 Å². The number of amides is 1. The Balaban J connectivity index is 2.74. The molecule has 16 heavy (non-hydrogen) atoms. The lowest BCUT2D eigenvalue weighted by Gasteiger charge is -2.18. The topological polar surface area (TPSA) is 42.0 Å². The van der Waals surface area contributed by atoms with Gasteiger partial charge in [-0.2, -0.15) is 0 Å². The molecule has 0 spiro atoms. The first-order valence-corrected chi connectivity index (χ1v) is 5.99. The fourth-order valence-electron chi connectivity index (χ4n) is 1.21. The van der Waals surface area contributed by atoms with E-state index in [1.165, 1.54) is 0 Å². The number of pyridine rings is 1. The van der Waals surface area contributed by atoms with Crippen LogP contribution in [0.3, 0.4) is 0 Å². The van der Waals surface area contributed by atoms with Gasteiger partial charge < -0.3 is 5.32 Å². The lowest BCUT2D eigenvalue weighted by molar-refractivity contribution is 0.0933. The van der Waals surface area contributed by atoms with Gasteiger partial charge in [0.05, 0.1) is 0 Å². The van der Waals surface area contributed by atoms with Gasteiger partial charge >= 0.3 is 0 Å². The van der Waals surface area contributed by atoms with Crippen LogP contribution in [0.15, 0.2) is 16.7 Å². The van der Waals surface area contributed by atoms with E-state index >= 15 is 0 Å². The van der Waals surface area contributed by atoms with Crippen LogP contribution in [0.2, 0.25) is 0 Å². The number of halogens is 1. The van der Waals surface area contributed by atoms with Crippen LogP contribution < -0.4 is 5.32 Å². The van der Waals surface area contributed by atoms with Crippen LogP contribution in [0, 0.1) is 12.3 Å². The summed E-state index contributed by atoms with van der Waals surface area (Å²) in [5.74, 6) is -0.111. The number of nitrogens with one attached hydrogen (secondary N) is 1. The number of hydrogen-bond acceptors (Lipinski definition) is 2. The Bertz CT molecular complexity index is 396. The van der Waals surface area contributed by atoms with Crippen molar-refractivity contribution in [1.82, 2.24) is 10.3 Å². The van der Waals surface area contributed by atoms with E-state index in [1.54, 1.807) is 6.20 Å². The standard InChI is InChI=1S/C12H17BrN2O/c1-8-5-9(13)6-14-10(8)11(16)15-7-12(2,3)4/h5-6H,7H2,1-4H3,(H,15,16). The van der Waals surface area contributed by atoms with Crippen LogP contribution in [-0.2, 0) is 0 Å². The van der Waals surface area contributed by atoms with Crippen molar-refractivity contribution in [2.45, 2.75) is 27.7 Å². The zero-order chi connectivity index (χ0) is 12.3. The van der Waals surface area contributed by atoms with Crippen molar-refractivity contribution < 1.29 is 4.79 Å². The number of aryl methyl sites for hydroxylation is 1. The van der Waals surface area contributed by atoms with Gasteiger partial charge in [-0.3, -0.25) is 4.79 Å². The molecule has 1 aromatic heterocycles. The highest BCUT2D eigenvalue weighted by Crippen LogP contribution is 2.14. The van der Waals surface area contributed by atoms with Crippen LogP contribution in [-0.4, -0.2) is 17.4 Å². The molecule has 0 bridgehead atoms. The van der Waals surface area contributed by atoms with Gasteiger partial charge in [0.25, 0.3) is 5.91 Å². The summed E-state index contributed by atoms with van der Waals surface area (Å²) in [6.45, 7) is 8.76. The first kappa shape index (κ1) is 13.2. The molecule has 1 N–H and O–H groups in total. The molecule has 0 fully saturated rings. The van der Waals surface area contributed by atoms with E-state index in [4.69, 9.17) is 0 Å². The summed E-state index contributed by atoms with van der Waals surface area (Å²) in [5, 5.41) is 2.88. The number of carbonyl (C=O) groups excluding carboxylic acids is 1. The summed E-state index contributed by atoms with van der Waals surface area (Å²) in [4.78, 5) is 16.0. The number of carbonyl (C=O) groups is 1. The van der Waals surface area contributed by atoms with Crippen LogP contribution in [0.4, 0.5) is 0 Å². The molecule has 0 saturated carbocycles. The average molecular weight is 285 g/mol. The van der Waals surface area contributed by atoms with Crippen molar-refractivity contribution in [3.8, 4) is 0 Å². The van der Waals surface area contributed by atoms with Crippen LogP contribution in [0.25, 0.3) is 0 Å². The van der Waals surface area contributed by atoms with Crippen molar-refractivity contribution in [3.63, 3.8) is 0 Å². The van der Waals surface area contributed by atoms with Crippen molar-refractivity contribution in [1.29, 1.82) is 0 Å². The van der Waals surface area contributed by atoms with E-state index in [0.29, 0.717) is 12.2 Å². The molecule has 1 aromatic rings. The molecular formula is C12H17BrN2O. The molecule has 3 nitrogen and oxygen atoms in total. The Labute approximate surface area is 105 Å². The number of aromatic nitrogens is 1. The molecule has 1 amide bonds. The van der Waals surface area contributed by atoms with E-state index in [0.717, 1.165) is 10.0 Å². The van der Waals surface area contributed by atoms with Gasteiger partial charge in [-0.25, -0.2) is 4.98 Å². The molecule has 88 valence electrons. The maximum atomic E-state index is 11.8. The van der Waals surface area contributed by atoms with E-state index in [-0.39, 0.29) is 11.3 Å². The minimum atomic E-state index is -0.111. The van der Waals surface area contributed by atoms with Crippen molar-refractivity contribution >= 4 is 21.8 Å². The Hall–Kier alpha value is -0.900. The Morgan fingerprint density at radius 3 is 2.62 bits per heavy atom. The molecule has 1 rings (SSSR count). The average Bonchev–Trinajstić information content (AvgIpc) is 2.13. The third-order valence-corrected chi connectivity index (χ3v) is 2.47. The molecule has 1 heterocycles. The summed E-state index contributed by atoms with van der Waals surface area (Å²) >= 11 is 3.32. The fourth-order valence-corrected chi connectivity index (χ4v) is 1.65. The second kappa shape index (κ2) is 4.95. The van der Waals surface area contributed by atoms with Gasteiger partial charge in [-0.15, -0.1) is 0 Å². The zero-order valence-corrected chi connectivity index (χ0v) is 11.7. The monoisotopic (exact) mass is 284 g/mol. The largest absolute Gasteiger partial charge is 0.350 e. The highest BCUT2D eigenvalue weighted by Gasteiger charge is 2.15.